The van der Waals surface area contributed by atoms with Crippen molar-refractivity contribution in [1.29, 1.82) is 0 Å². The molecule has 4 rings (SSSR count). The average molecular weight is 461 g/mol. The molecule has 0 aliphatic carbocycles. The minimum absolute atomic E-state index is 0.0370. The van der Waals surface area contributed by atoms with E-state index >= 15 is 0 Å². The summed E-state index contributed by atoms with van der Waals surface area (Å²) < 4.78 is 14.0. The highest BCUT2D eigenvalue weighted by atomic mass is 19.1. The molecule has 0 fully saturated rings. The van der Waals surface area contributed by atoms with Gasteiger partial charge in [-0.1, -0.05) is 29.8 Å². The first-order valence-corrected chi connectivity index (χ1v) is 10.8. The maximum absolute atomic E-state index is 14.0. The van der Waals surface area contributed by atoms with E-state index in [9.17, 15) is 29.0 Å². The summed E-state index contributed by atoms with van der Waals surface area (Å²) in [6.45, 7) is 6.28. The zero-order chi connectivity index (χ0) is 24.7. The highest BCUT2D eigenvalue weighted by Gasteiger charge is 2.31. The SMILES string of the molecule is Cc1ccc(-c2c(C)c3c(c(C)c2CC(=O)O)CN(C(=O)c2cc(F)cc(C(=O)O)c2)C3)cc1. The minimum Gasteiger partial charge on any atom is -0.481 e. The number of hydrogen-bond donors (Lipinski definition) is 2. The number of carbonyl (C=O) groups is 3. The number of amides is 1. The van der Waals surface area contributed by atoms with E-state index in [1.807, 2.05) is 45.0 Å². The molecule has 1 heterocycles. The summed E-state index contributed by atoms with van der Waals surface area (Å²) in [4.78, 5) is 37.7. The van der Waals surface area contributed by atoms with Crippen LogP contribution in [0.1, 0.15) is 54.1 Å². The van der Waals surface area contributed by atoms with E-state index in [1.54, 1.807) is 0 Å². The van der Waals surface area contributed by atoms with Gasteiger partial charge in [-0.15, -0.1) is 0 Å². The number of carbonyl (C=O) groups excluding carboxylic acids is 1. The molecular formula is C27H24FNO5. The summed E-state index contributed by atoms with van der Waals surface area (Å²) in [5, 5.41) is 18.8. The molecule has 34 heavy (non-hydrogen) atoms. The van der Waals surface area contributed by atoms with Crippen LogP contribution in [0.4, 0.5) is 4.39 Å². The van der Waals surface area contributed by atoms with Gasteiger partial charge in [-0.25, -0.2) is 9.18 Å². The molecule has 0 radical (unpaired) electrons. The number of carboxylic acid groups (broad SMARTS) is 2. The van der Waals surface area contributed by atoms with Gasteiger partial charge in [0.15, 0.2) is 0 Å². The number of carboxylic acids is 2. The normalized spacial score (nSPS) is 12.5. The minimum atomic E-state index is -1.31. The Morgan fingerprint density at radius 1 is 0.882 bits per heavy atom. The number of hydrogen-bond acceptors (Lipinski definition) is 3. The van der Waals surface area contributed by atoms with Crippen LogP contribution in [0.15, 0.2) is 42.5 Å². The van der Waals surface area contributed by atoms with Crippen molar-refractivity contribution in [2.45, 2.75) is 40.3 Å². The van der Waals surface area contributed by atoms with E-state index in [0.717, 1.165) is 51.1 Å². The van der Waals surface area contributed by atoms with Gasteiger partial charge >= 0.3 is 11.9 Å². The Balaban J connectivity index is 1.79. The Hall–Kier alpha value is -4.00. The van der Waals surface area contributed by atoms with Gasteiger partial charge in [0.1, 0.15) is 5.82 Å². The molecule has 0 aromatic heterocycles. The van der Waals surface area contributed by atoms with Gasteiger partial charge in [-0.05, 0) is 77.9 Å². The second-order valence-corrected chi connectivity index (χ2v) is 8.69. The fraction of sp³-hybridized carbons (Fsp3) is 0.222. The Bertz CT molecular complexity index is 1340. The second kappa shape index (κ2) is 8.74. The van der Waals surface area contributed by atoms with Gasteiger partial charge in [0.05, 0.1) is 12.0 Å². The zero-order valence-electron chi connectivity index (χ0n) is 19.1. The molecule has 3 aromatic rings. The number of aromatic carboxylic acids is 1. The molecule has 0 spiro atoms. The van der Waals surface area contributed by atoms with Crippen molar-refractivity contribution in [3.8, 4) is 11.1 Å². The zero-order valence-corrected chi connectivity index (χ0v) is 19.1. The first-order valence-electron chi connectivity index (χ1n) is 10.8. The topological polar surface area (TPSA) is 94.9 Å². The van der Waals surface area contributed by atoms with Crippen molar-refractivity contribution in [3.05, 3.63) is 92.8 Å². The molecule has 0 saturated carbocycles. The molecule has 0 atom stereocenters. The molecule has 0 unspecified atom stereocenters. The van der Waals surface area contributed by atoms with Crippen molar-refractivity contribution < 1.29 is 29.0 Å². The summed E-state index contributed by atoms with van der Waals surface area (Å²) in [6, 6.07) is 11.0. The smallest absolute Gasteiger partial charge is 0.335 e. The van der Waals surface area contributed by atoms with Crippen molar-refractivity contribution in [2.75, 3.05) is 0 Å². The number of aryl methyl sites for hydroxylation is 1. The van der Waals surface area contributed by atoms with Crippen LogP contribution in [0.2, 0.25) is 0 Å². The van der Waals surface area contributed by atoms with Gasteiger partial charge in [-0.2, -0.15) is 0 Å². The standard InChI is InChI=1S/C27H24FNO5/c1-14-4-6-17(7-5-14)25-16(3)23-13-29(12-22(23)15(2)21(25)11-24(30)31)26(32)18-8-19(27(33)34)10-20(28)9-18/h4-10H,11-13H2,1-3H3,(H,30,31)(H,33,34). The van der Waals surface area contributed by atoms with E-state index in [2.05, 4.69) is 0 Å². The third-order valence-corrected chi connectivity index (χ3v) is 6.44. The maximum atomic E-state index is 14.0. The predicted molar refractivity (Wildman–Crippen MR) is 124 cm³/mol. The summed E-state index contributed by atoms with van der Waals surface area (Å²) in [5.41, 5.74) is 6.77. The van der Waals surface area contributed by atoms with Crippen molar-refractivity contribution in [1.82, 2.24) is 4.90 Å². The Kier molecular flexibility index (Phi) is 5.96. The first-order chi connectivity index (χ1) is 16.1. The third kappa shape index (κ3) is 4.17. The van der Waals surface area contributed by atoms with Crippen LogP contribution in [0.5, 0.6) is 0 Å². The van der Waals surface area contributed by atoms with E-state index in [1.165, 1.54) is 11.0 Å². The molecular weight excluding hydrogens is 437 g/mol. The molecule has 6 nitrogen and oxygen atoms in total. The molecule has 1 amide bonds. The Labute approximate surface area is 196 Å². The summed E-state index contributed by atoms with van der Waals surface area (Å²) in [7, 11) is 0. The van der Waals surface area contributed by atoms with Gasteiger partial charge in [0.2, 0.25) is 0 Å². The fourth-order valence-electron chi connectivity index (χ4n) is 4.71. The lowest BCUT2D eigenvalue weighted by molar-refractivity contribution is -0.136. The third-order valence-electron chi connectivity index (χ3n) is 6.44. The van der Waals surface area contributed by atoms with Crippen LogP contribution < -0.4 is 0 Å². The highest BCUT2D eigenvalue weighted by molar-refractivity contribution is 5.98. The van der Waals surface area contributed by atoms with Crippen LogP contribution in [-0.4, -0.2) is 33.0 Å². The quantitative estimate of drug-likeness (QED) is 0.564. The average Bonchev–Trinajstić information content (AvgIpc) is 3.23. The molecule has 1 aliphatic heterocycles. The maximum Gasteiger partial charge on any atom is 0.335 e. The molecule has 2 N–H and O–H groups in total. The van der Waals surface area contributed by atoms with E-state index < -0.39 is 23.7 Å². The number of benzene rings is 3. The molecule has 174 valence electrons. The fourth-order valence-corrected chi connectivity index (χ4v) is 4.71. The predicted octanol–water partition coefficient (Wildman–Crippen LogP) is 4.90. The Morgan fingerprint density at radius 2 is 1.47 bits per heavy atom. The van der Waals surface area contributed by atoms with Crippen LogP contribution in [0, 0.1) is 26.6 Å². The lowest BCUT2D eigenvalue weighted by atomic mass is 9.84. The van der Waals surface area contributed by atoms with Gasteiger partial charge in [0.25, 0.3) is 5.91 Å². The summed E-state index contributed by atoms with van der Waals surface area (Å²) >= 11 is 0. The van der Waals surface area contributed by atoms with Crippen LogP contribution in [-0.2, 0) is 24.3 Å². The molecule has 0 bridgehead atoms. The first kappa shape index (κ1) is 23.2. The van der Waals surface area contributed by atoms with Gasteiger partial charge in [-0.3, -0.25) is 9.59 Å². The summed E-state index contributed by atoms with van der Waals surface area (Å²) in [5.74, 6) is -3.53. The Morgan fingerprint density at radius 3 is 2.06 bits per heavy atom. The number of halogens is 1. The second-order valence-electron chi connectivity index (χ2n) is 8.69. The van der Waals surface area contributed by atoms with Crippen molar-refractivity contribution in [3.63, 3.8) is 0 Å². The van der Waals surface area contributed by atoms with E-state index in [0.29, 0.717) is 5.56 Å². The number of aliphatic carboxylic acids is 1. The number of rotatable bonds is 5. The molecule has 3 aromatic carbocycles. The van der Waals surface area contributed by atoms with Crippen LogP contribution >= 0.6 is 0 Å². The highest BCUT2D eigenvalue weighted by Crippen LogP contribution is 2.40. The lowest BCUT2D eigenvalue weighted by Gasteiger charge is -2.19. The van der Waals surface area contributed by atoms with Gasteiger partial charge in [0, 0.05) is 18.7 Å². The van der Waals surface area contributed by atoms with Crippen LogP contribution in [0.3, 0.4) is 0 Å². The van der Waals surface area contributed by atoms with Gasteiger partial charge < -0.3 is 15.1 Å². The molecule has 7 heteroatoms. The van der Waals surface area contributed by atoms with Crippen molar-refractivity contribution >= 4 is 17.8 Å². The lowest BCUT2D eigenvalue weighted by Crippen LogP contribution is -2.25. The number of fused-ring (bicyclic) bond motifs is 1. The van der Waals surface area contributed by atoms with E-state index in [4.69, 9.17) is 0 Å². The summed E-state index contributed by atoms with van der Waals surface area (Å²) in [6.07, 6.45) is -0.150. The number of nitrogens with zero attached hydrogens (tertiary/aromatic N) is 1. The van der Waals surface area contributed by atoms with Crippen LogP contribution in [0.25, 0.3) is 11.1 Å². The van der Waals surface area contributed by atoms with Crippen molar-refractivity contribution in [2.24, 2.45) is 0 Å². The molecule has 0 saturated heterocycles. The monoisotopic (exact) mass is 461 g/mol. The largest absolute Gasteiger partial charge is 0.481 e. The molecule has 1 aliphatic rings. The van der Waals surface area contributed by atoms with E-state index in [-0.39, 0.29) is 30.6 Å².